The first kappa shape index (κ1) is 38.1. The van der Waals surface area contributed by atoms with Crippen LogP contribution in [-0.2, 0) is 9.47 Å². The first-order chi connectivity index (χ1) is 21.9. The topological polar surface area (TPSA) is 124 Å². The SMILES string of the molecule is CCOC(=O)c1ccc(OCC[C@@H]2CNCCN2C(=O)c2ncn([C@@H]3CCCC[C@@]3(O)COC)c2-c2ccccc2)c(OC)c1.Cl.Cl. The van der Waals surface area contributed by atoms with Crippen LogP contribution in [0.15, 0.2) is 54.9 Å². The summed E-state index contributed by atoms with van der Waals surface area (Å²) in [6.45, 7) is 4.40. The number of carbonyl (C=O) groups excluding carboxylic acids is 2. The molecule has 258 valence electrons. The maximum absolute atomic E-state index is 14.3. The number of methoxy groups -OCH3 is 2. The standard InChI is InChI=1S/C34H44N4O7.2ClH/c1-4-44-33(40)25-13-14-27(28(20-25)43-3)45-19-15-26-21-35-17-18-37(26)32(39)30-31(24-10-6-5-7-11-24)38(23-36-30)29-12-8-9-16-34(29,41)22-42-2;;/h5-7,10-11,13-14,20,23,26,29,35,41H,4,8-9,12,15-19,21-22H2,1-3H3;2*1H/t26-,29-,34-;;/m1../s1. The summed E-state index contributed by atoms with van der Waals surface area (Å²) in [7, 11) is 3.13. The number of imidazole rings is 1. The van der Waals surface area contributed by atoms with Crippen molar-refractivity contribution in [1.82, 2.24) is 19.8 Å². The van der Waals surface area contributed by atoms with E-state index in [0.29, 0.717) is 67.5 Å². The minimum atomic E-state index is -1.05. The molecule has 0 bridgehead atoms. The monoisotopic (exact) mass is 692 g/mol. The van der Waals surface area contributed by atoms with Gasteiger partial charge in [-0.05, 0) is 38.0 Å². The van der Waals surface area contributed by atoms with E-state index in [0.717, 1.165) is 24.8 Å². The van der Waals surface area contributed by atoms with Crippen LogP contribution in [0.3, 0.4) is 0 Å². The van der Waals surface area contributed by atoms with E-state index in [1.807, 2.05) is 39.8 Å². The molecule has 2 aromatic carbocycles. The Bertz CT molecular complexity index is 1450. The third-order valence-electron chi connectivity index (χ3n) is 8.73. The van der Waals surface area contributed by atoms with Crippen molar-refractivity contribution in [1.29, 1.82) is 0 Å². The van der Waals surface area contributed by atoms with Gasteiger partial charge in [-0.15, -0.1) is 24.8 Å². The Morgan fingerprint density at radius 1 is 1.09 bits per heavy atom. The second-order valence-electron chi connectivity index (χ2n) is 11.6. The number of hydrogen-bond acceptors (Lipinski definition) is 9. The number of nitrogens with zero attached hydrogens (tertiary/aromatic N) is 3. The number of aliphatic hydroxyl groups is 1. The van der Waals surface area contributed by atoms with Gasteiger partial charge >= 0.3 is 5.97 Å². The molecule has 47 heavy (non-hydrogen) atoms. The van der Waals surface area contributed by atoms with Crippen molar-refractivity contribution < 1.29 is 33.6 Å². The Morgan fingerprint density at radius 3 is 2.60 bits per heavy atom. The van der Waals surface area contributed by atoms with E-state index in [2.05, 4.69) is 5.32 Å². The van der Waals surface area contributed by atoms with Gasteiger partial charge in [0.05, 0.1) is 50.6 Å². The number of carbonyl (C=O) groups is 2. The molecule has 2 fully saturated rings. The molecule has 3 aromatic rings. The van der Waals surface area contributed by atoms with Gasteiger partial charge in [-0.2, -0.15) is 0 Å². The summed E-state index contributed by atoms with van der Waals surface area (Å²) in [5.41, 5.74) is 1.29. The molecule has 2 N–H and O–H groups in total. The Labute approximate surface area is 288 Å². The first-order valence-electron chi connectivity index (χ1n) is 15.7. The molecule has 0 spiro atoms. The zero-order valence-electron chi connectivity index (χ0n) is 27.2. The van der Waals surface area contributed by atoms with E-state index in [1.165, 1.54) is 7.11 Å². The van der Waals surface area contributed by atoms with Crippen molar-refractivity contribution in [3.63, 3.8) is 0 Å². The number of ether oxygens (including phenoxy) is 4. The highest BCUT2D eigenvalue weighted by atomic mass is 35.5. The molecule has 13 heteroatoms. The molecule has 2 heterocycles. The van der Waals surface area contributed by atoms with Crippen LogP contribution in [0.25, 0.3) is 11.3 Å². The molecular weight excluding hydrogens is 647 g/mol. The maximum atomic E-state index is 14.3. The van der Waals surface area contributed by atoms with E-state index in [4.69, 9.17) is 23.9 Å². The average molecular weight is 694 g/mol. The summed E-state index contributed by atoms with van der Waals surface area (Å²) in [4.78, 5) is 33.0. The highest BCUT2D eigenvalue weighted by Gasteiger charge is 2.42. The lowest BCUT2D eigenvalue weighted by Gasteiger charge is -2.41. The van der Waals surface area contributed by atoms with Gasteiger partial charge in [0, 0.05) is 44.8 Å². The molecular formula is C34H46Cl2N4O7. The normalized spacial score (nSPS) is 20.8. The van der Waals surface area contributed by atoms with Crippen molar-refractivity contribution in [2.75, 3.05) is 53.7 Å². The zero-order chi connectivity index (χ0) is 31.8. The molecule has 0 unspecified atom stereocenters. The Hall–Kier alpha value is -3.35. The largest absolute Gasteiger partial charge is 0.493 e. The number of halogens is 2. The number of esters is 1. The predicted octanol–water partition coefficient (Wildman–Crippen LogP) is 4.95. The van der Waals surface area contributed by atoms with Gasteiger partial charge in [-0.1, -0.05) is 43.2 Å². The van der Waals surface area contributed by atoms with Crippen LogP contribution in [0, 0.1) is 0 Å². The summed E-state index contributed by atoms with van der Waals surface area (Å²) in [5.74, 6) is 0.369. The van der Waals surface area contributed by atoms with Crippen molar-refractivity contribution in [3.05, 3.63) is 66.1 Å². The highest BCUT2D eigenvalue weighted by molar-refractivity contribution is 5.98. The lowest BCUT2D eigenvalue weighted by Crippen LogP contribution is -2.54. The van der Waals surface area contributed by atoms with Crippen molar-refractivity contribution in [3.8, 4) is 22.8 Å². The number of hydrogen-bond donors (Lipinski definition) is 2. The van der Waals surface area contributed by atoms with Crippen LogP contribution in [-0.4, -0.2) is 96.8 Å². The fourth-order valence-corrected chi connectivity index (χ4v) is 6.51. The first-order valence-corrected chi connectivity index (χ1v) is 15.7. The number of rotatable bonds is 12. The smallest absolute Gasteiger partial charge is 0.338 e. The minimum Gasteiger partial charge on any atom is -0.493 e. The van der Waals surface area contributed by atoms with Gasteiger partial charge in [0.1, 0.15) is 5.60 Å². The number of benzene rings is 2. The molecule has 11 nitrogen and oxygen atoms in total. The van der Waals surface area contributed by atoms with E-state index in [1.54, 1.807) is 38.6 Å². The molecule has 1 amide bonds. The van der Waals surface area contributed by atoms with E-state index in [9.17, 15) is 14.7 Å². The molecule has 1 aliphatic heterocycles. The van der Waals surface area contributed by atoms with Crippen molar-refractivity contribution in [2.24, 2.45) is 0 Å². The molecule has 1 saturated heterocycles. The van der Waals surface area contributed by atoms with E-state index < -0.39 is 11.6 Å². The fraction of sp³-hybridized carbons (Fsp3) is 0.500. The van der Waals surface area contributed by atoms with Gasteiger partial charge in [-0.25, -0.2) is 9.78 Å². The second kappa shape index (κ2) is 17.7. The van der Waals surface area contributed by atoms with E-state index >= 15 is 0 Å². The minimum absolute atomic E-state index is 0. The number of aromatic nitrogens is 2. The molecule has 2 aliphatic rings. The van der Waals surface area contributed by atoms with Crippen molar-refractivity contribution >= 4 is 36.7 Å². The molecule has 0 radical (unpaired) electrons. The zero-order valence-corrected chi connectivity index (χ0v) is 28.8. The summed E-state index contributed by atoms with van der Waals surface area (Å²) >= 11 is 0. The summed E-state index contributed by atoms with van der Waals surface area (Å²) in [5, 5.41) is 15.1. The lowest BCUT2D eigenvalue weighted by molar-refractivity contribution is -0.0893. The predicted molar refractivity (Wildman–Crippen MR) is 183 cm³/mol. The van der Waals surface area contributed by atoms with Gasteiger partial charge in [0.25, 0.3) is 5.91 Å². The van der Waals surface area contributed by atoms with Crippen LogP contribution >= 0.6 is 24.8 Å². The van der Waals surface area contributed by atoms with Crippen LogP contribution in [0.2, 0.25) is 0 Å². The van der Waals surface area contributed by atoms with Gasteiger partial charge in [0.15, 0.2) is 17.2 Å². The third-order valence-corrected chi connectivity index (χ3v) is 8.73. The lowest BCUT2D eigenvalue weighted by atomic mass is 9.80. The molecule has 1 aromatic heterocycles. The van der Waals surface area contributed by atoms with Crippen LogP contribution in [0.4, 0.5) is 0 Å². The third kappa shape index (κ3) is 8.58. The highest BCUT2D eigenvalue weighted by Crippen LogP contribution is 2.41. The molecule has 5 rings (SSSR count). The van der Waals surface area contributed by atoms with Gasteiger partial charge in [0.2, 0.25) is 0 Å². The number of amides is 1. The van der Waals surface area contributed by atoms with Crippen LogP contribution in [0.5, 0.6) is 11.5 Å². The second-order valence-corrected chi connectivity index (χ2v) is 11.6. The summed E-state index contributed by atoms with van der Waals surface area (Å²) < 4.78 is 24.1. The Kier molecular flexibility index (Phi) is 14.4. The maximum Gasteiger partial charge on any atom is 0.338 e. The molecule has 1 saturated carbocycles. The van der Waals surface area contributed by atoms with E-state index in [-0.39, 0.29) is 56.0 Å². The quantitative estimate of drug-likeness (QED) is 0.254. The number of nitrogens with one attached hydrogen (secondary N) is 1. The fourth-order valence-electron chi connectivity index (χ4n) is 6.51. The Morgan fingerprint density at radius 2 is 1.87 bits per heavy atom. The van der Waals surface area contributed by atoms with Gasteiger partial charge in [-0.3, -0.25) is 4.79 Å². The molecule has 1 aliphatic carbocycles. The average Bonchev–Trinajstić information content (AvgIpc) is 3.50. The number of piperazine rings is 1. The van der Waals surface area contributed by atoms with Crippen LogP contribution in [0.1, 0.15) is 65.9 Å². The van der Waals surface area contributed by atoms with Crippen molar-refractivity contribution in [2.45, 2.75) is 56.7 Å². The molecule has 3 atom stereocenters. The Balaban J connectivity index is 0.00000300. The summed E-state index contributed by atoms with van der Waals surface area (Å²) in [6.07, 6.45) is 5.56. The summed E-state index contributed by atoms with van der Waals surface area (Å²) in [6, 6.07) is 14.3. The van der Waals surface area contributed by atoms with Crippen LogP contribution < -0.4 is 14.8 Å². The van der Waals surface area contributed by atoms with Gasteiger partial charge < -0.3 is 38.8 Å².